The fourth-order valence-electron chi connectivity index (χ4n) is 1.19. The van der Waals surface area contributed by atoms with E-state index in [4.69, 9.17) is 9.84 Å². The highest BCUT2D eigenvalue weighted by molar-refractivity contribution is 5.87. The number of hydrogen-bond acceptors (Lipinski definition) is 3. The van der Waals surface area contributed by atoms with Crippen molar-refractivity contribution in [2.75, 3.05) is 7.11 Å². The Morgan fingerprint density at radius 3 is 3.00 bits per heavy atom. The lowest BCUT2D eigenvalue weighted by Gasteiger charge is -1.98. The Hall–Kier alpha value is -2.04. The molecule has 2 rings (SSSR count). The first kappa shape index (κ1) is 8.55. The molecule has 5 heteroatoms. The van der Waals surface area contributed by atoms with Crippen LogP contribution in [0, 0.1) is 0 Å². The minimum Gasteiger partial charge on any atom is -0.495 e. The third kappa shape index (κ3) is 1.28. The number of hydrogen-bond donors (Lipinski definition) is 1. The predicted molar refractivity (Wildman–Crippen MR) is 48.7 cm³/mol. The molecule has 0 bridgehead atoms. The smallest absolute Gasteiger partial charge is 0.356 e. The summed E-state index contributed by atoms with van der Waals surface area (Å²) in [7, 11) is 1.54. The number of carboxylic acids is 1. The van der Waals surface area contributed by atoms with E-state index in [9.17, 15) is 4.79 Å². The summed E-state index contributed by atoms with van der Waals surface area (Å²) in [4.78, 5) is 10.6. The first-order valence-electron chi connectivity index (χ1n) is 3.97. The van der Waals surface area contributed by atoms with Crippen LogP contribution in [0.25, 0.3) is 5.52 Å². The highest BCUT2D eigenvalue weighted by Gasteiger charge is 2.08. The van der Waals surface area contributed by atoms with Crippen LogP contribution < -0.4 is 4.74 Å². The SMILES string of the molecule is COc1ccc2cc(C(=O)O)nn2c1. The number of pyridine rings is 1. The lowest BCUT2D eigenvalue weighted by Crippen LogP contribution is -1.97. The maximum Gasteiger partial charge on any atom is 0.356 e. The maximum atomic E-state index is 10.6. The third-order valence-electron chi connectivity index (χ3n) is 1.89. The first-order chi connectivity index (χ1) is 6.70. The molecular weight excluding hydrogens is 184 g/mol. The Bertz CT molecular complexity index is 490. The quantitative estimate of drug-likeness (QED) is 0.772. The number of methoxy groups -OCH3 is 1. The monoisotopic (exact) mass is 192 g/mol. The summed E-state index contributed by atoms with van der Waals surface area (Å²) in [5, 5.41) is 12.6. The molecule has 14 heavy (non-hydrogen) atoms. The van der Waals surface area contributed by atoms with Crippen molar-refractivity contribution < 1.29 is 14.6 Å². The number of fused-ring (bicyclic) bond motifs is 1. The van der Waals surface area contributed by atoms with E-state index in [1.165, 1.54) is 10.6 Å². The van der Waals surface area contributed by atoms with Crippen LogP contribution in [0.2, 0.25) is 0 Å². The Morgan fingerprint density at radius 2 is 2.36 bits per heavy atom. The molecule has 0 spiro atoms. The van der Waals surface area contributed by atoms with Gasteiger partial charge in [0, 0.05) is 0 Å². The lowest BCUT2D eigenvalue weighted by molar-refractivity contribution is 0.0690. The van der Waals surface area contributed by atoms with Gasteiger partial charge in [-0.25, -0.2) is 9.31 Å². The molecule has 0 aliphatic carbocycles. The van der Waals surface area contributed by atoms with Gasteiger partial charge in [-0.3, -0.25) is 0 Å². The van der Waals surface area contributed by atoms with Gasteiger partial charge in [0.15, 0.2) is 5.69 Å². The van der Waals surface area contributed by atoms with Crippen LogP contribution in [0.1, 0.15) is 10.5 Å². The van der Waals surface area contributed by atoms with Crippen LogP contribution in [0.3, 0.4) is 0 Å². The Kier molecular flexibility index (Phi) is 1.85. The van der Waals surface area contributed by atoms with Crippen LogP contribution in [0.4, 0.5) is 0 Å². The second-order valence-electron chi connectivity index (χ2n) is 2.77. The summed E-state index contributed by atoms with van der Waals surface area (Å²) in [5.41, 5.74) is 0.751. The fraction of sp³-hybridized carbons (Fsp3) is 0.111. The van der Waals surface area contributed by atoms with Crippen LogP contribution in [-0.2, 0) is 0 Å². The zero-order valence-electron chi connectivity index (χ0n) is 7.47. The van der Waals surface area contributed by atoms with Crippen LogP contribution in [-0.4, -0.2) is 27.8 Å². The summed E-state index contributed by atoms with van der Waals surface area (Å²) < 4.78 is 6.46. The van der Waals surface area contributed by atoms with Crippen molar-refractivity contribution in [1.82, 2.24) is 9.61 Å². The fourth-order valence-corrected chi connectivity index (χ4v) is 1.19. The van der Waals surface area contributed by atoms with Gasteiger partial charge in [-0.1, -0.05) is 0 Å². The van der Waals surface area contributed by atoms with E-state index in [1.54, 1.807) is 25.4 Å². The molecule has 0 aromatic carbocycles. The number of carbonyl (C=O) groups is 1. The van der Waals surface area contributed by atoms with E-state index in [0.717, 1.165) is 5.52 Å². The van der Waals surface area contributed by atoms with E-state index in [0.29, 0.717) is 5.75 Å². The average Bonchev–Trinajstić information content (AvgIpc) is 2.59. The third-order valence-corrected chi connectivity index (χ3v) is 1.89. The van der Waals surface area contributed by atoms with Gasteiger partial charge in [0.25, 0.3) is 0 Å². The molecule has 0 saturated carbocycles. The van der Waals surface area contributed by atoms with Crippen molar-refractivity contribution in [2.45, 2.75) is 0 Å². The van der Waals surface area contributed by atoms with Gasteiger partial charge in [0.05, 0.1) is 18.8 Å². The largest absolute Gasteiger partial charge is 0.495 e. The molecule has 2 aromatic rings. The van der Waals surface area contributed by atoms with E-state index in [1.807, 2.05) is 0 Å². The number of aromatic carboxylic acids is 1. The van der Waals surface area contributed by atoms with E-state index in [2.05, 4.69) is 5.10 Å². The molecule has 2 heterocycles. The Balaban J connectivity index is 2.60. The van der Waals surface area contributed by atoms with Crippen molar-refractivity contribution in [3.05, 3.63) is 30.1 Å². The van der Waals surface area contributed by atoms with Gasteiger partial charge >= 0.3 is 5.97 Å². The molecule has 5 nitrogen and oxygen atoms in total. The van der Waals surface area contributed by atoms with E-state index >= 15 is 0 Å². The van der Waals surface area contributed by atoms with Crippen LogP contribution >= 0.6 is 0 Å². The first-order valence-corrected chi connectivity index (χ1v) is 3.97. The molecule has 0 fully saturated rings. The number of carboxylic acid groups (broad SMARTS) is 1. The number of ether oxygens (including phenoxy) is 1. The molecule has 0 amide bonds. The van der Waals surface area contributed by atoms with Crippen molar-refractivity contribution in [3.63, 3.8) is 0 Å². The van der Waals surface area contributed by atoms with Crippen molar-refractivity contribution in [2.24, 2.45) is 0 Å². The standard InChI is InChI=1S/C9H8N2O3/c1-14-7-3-2-6-4-8(9(12)13)10-11(6)5-7/h2-5H,1H3,(H,12,13). The van der Waals surface area contributed by atoms with Crippen molar-refractivity contribution in [3.8, 4) is 5.75 Å². The summed E-state index contributed by atoms with van der Waals surface area (Å²) in [6, 6.07) is 5.00. The molecular formula is C9H8N2O3. The Labute approximate surface area is 79.5 Å². The second kappa shape index (κ2) is 3.02. The van der Waals surface area contributed by atoms with E-state index < -0.39 is 5.97 Å². The molecule has 0 aliphatic rings. The normalized spacial score (nSPS) is 10.4. The molecule has 0 radical (unpaired) electrons. The number of rotatable bonds is 2. The van der Waals surface area contributed by atoms with Gasteiger partial charge in [-0.15, -0.1) is 0 Å². The maximum absolute atomic E-state index is 10.6. The Morgan fingerprint density at radius 1 is 1.57 bits per heavy atom. The molecule has 72 valence electrons. The summed E-state index contributed by atoms with van der Waals surface area (Å²) in [5.74, 6) is -0.398. The molecule has 1 N–H and O–H groups in total. The minimum absolute atomic E-state index is 0.0262. The predicted octanol–water partition coefficient (Wildman–Crippen LogP) is 1.04. The van der Waals surface area contributed by atoms with Crippen molar-refractivity contribution >= 4 is 11.5 Å². The van der Waals surface area contributed by atoms with Gasteiger partial charge in [0.1, 0.15) is 5.75 Å². The van der Waals surface area contributed by atoms with Gasteiger partial charge in [-0.2, -0.15) is 5.10 Å². The average molecular weight is 192 g/mol. The van der Waals surface area contributed by atoms with Crippen LogP contribution in [0.15, 0.2) is 24.4 Å². The zero-order valence-corrected chi connectivity index (χ0v) is 7.47. The molecule has 0 saturated heterocycles. The van der Waals surface area contributed by atoms with E-state index in [-0.39, 0.29) is 5.69 Å². The lowest BCUT2D eigenvalue weighted by atomic mass is 10.3. The number of nitrogens with zero attached hydrogens (tertiary/aromatic N) is 2. The van der Waals surface area contributed by atoms with Crippen molar-refractivity contribution in [1.29, 1.82) is 0 Å². The highest BCUT2D eigenvalue weighted by Crippen LogP contribution is 2.13. The summed E-state index contributed by atoms with van der Waals surface area (Å²) in [6.07, 6.45) is 1.63. The van der Waals surface area contributed by atoms with Gasteiger partial charge in [-0.05, 0) is 18.2 Å². The number of aromatic nitrogens is 2. The highest BCUT2D eigenvalue weighted by atomic mass is 16.5. The second-order valence-corrected chi connectivity index (χ2v) is 2.77. The topological polar surface area (TPSA) is 63.8 Å². The van der Waals surface area contributed by atoms with Gasteiger partial charge in [0.2, 0.25) is 0 Å². The molecule has 2 aromatic heterocycles. The molecule has 0 aliphatic heterocycles. The zero-order chi connectivity index (χ0) is 10.1. The van der Waals surface area contributed by atoms with Gasteiger partial charge < -0.3 is 9.84 Å². The van der Waals surface area contributed by atoms with Crippen LogP contribution in [0.5, 0.6) is 5.75 Å². The summed E-state index contributed by atoms with van der Waals surface area (Å²) in [6.45, 7) is 0. The summed E-state index contributed by atoms with van der Waals surface area (Å²) >= 11 is 0. The minimum atomic E-state index is -1.03. The molecule has 0 atom stereocenters. The molecule has 0 unspecified atom stereocenters.